The lowest BCUT2D eigenvalue weighted by molar-refractivity contribution is -0.0191. The number of ether oxygens (including phenoxy) is 1. The molecule has 8 nitrogen and oxygen atoms in total. The van der Waals surface area contributed by atoms with Gasteiger partial charge < -0.3 is 19.6 Å². The summed E-state index contributed by atoms with van der Waals surface area (Å²) in [7, 11) is -5.98. The molecule has 222 valence electrons. The Kier molecular flexibility index (Phi) is 11.9. The lowest BCUT2D eigenvalue weighted by atomic mass is 10.0. The molecule has 1 atom stereocenters. The average molecular weight is 576 g/mol. The van der Waals surface area contributed by atoms with Gasteiger partial charge in [-0.3, -0.25) is 9.05 Å². The number of aliphatic hydroxyl groups is 1. The number of aliphatic hydroxyl groups excluding tert-OH is 1. The van der Waals surface area contributed by atoms with Gasteiger partial charge >= 0.3 is 7.82 Å². The van der Waals surface area contributed by atoms with Crippen molar-refractivity contribution >= 4 is 16.1 Å². The van der Waals surface area contributed by atoms with Gasteiger partial charge in [-0.05, 0) is 98.1 Å². The predicted molar refractivity (Wildman–Crippen MR) is 157 cm³/mol. The quantitative estimate of drug-likeness (QED) is 0.149. The largest absolute Gasteiger partial charge is 0.478 e. The van der Waals surface area contributed by atoms with Crippen molar-refractivity contribution in [1.82, 2.24) is 5.32 Å². The van der Waals surface area contributed by atoms with Crippen molar-refractivity contribution in [2.45, 2.75) is 131 Å². The van der Waals surface area contributed by atoms with Crippen LogP contribution in [0.2, 0.25) is 18.1 Å². The van der Waals surface area contributed by atoms with Crippen molar-refractivity contribution in [3.8, 4) is 5.75 Å². The number of β-amino-alcohol motifs (C(OH)–C–C–N with tert-alkyl or cyclic N) is 1. The zero-order valence-corrected chi connectivity index (χ0v) is 28.2. The van der Waals surface area contributed by atoms with Gasteiger partial charge in [-0.2, -0.15) is 0 Å². The summed E-state index contributed by atoms with van der Waals surface area (Å²) in [6.45, 7) is 28.2. The number of benzene rings is 1. The van der Waals surface area contributed by atoms with Crippen LogP contribution >= 0.6 is 7.82 Å². The number of phosphoric ester groups is 1. The van der Waals surface area contributed by atoms with Crippen LogP contribution in [0.25, 0.3) is 0 Å². The van der Waals surface area contributed by atoms with Crippen molar-refractivity contribution in [3.05, 3.63) is 29.3 Å². The van der Waals surface area contributed by atoms with E-state index in [1.807, 2.05) is 12.1 Å². The van der Waals surface area contributed by atoms with Crippen molar-refractivity contribution in [3.63, 3.8) is 0 Å². The molecule has 0 saturated heterocycles. The van der Waals surface area contributed by atoms with E-state index in [1.165, 1.54) is 0 Å². The molecular formula is C28H54NO7PSi. The van der Waals surface area contributed by atoms with Crippen LogP contribution in [-0.2, 0) is 29.2 Å². The fourth-order valence-corrected chi connectivity index (χ4v) is 5.57. The highest BCUT2D eigenvalue weighted by Crippen LogP contribution is 2.55. The minimum absolute atomic E-state index is 0.0338. The van der Waals surface area contributed by atoms with Gasteiger partial charge in [0.1, 0.15) is 5.75 Å². The molecule has 0 amide bonds. The molecule has 0 fully saturated rings. The zero-order chi connectivity index (χ0) is 29.8. The molecule has 0 heterocycles. The normalized spacial score (nSPS) is 15.0. The fraction of sp³-hybridized carbons (Fsp3) is 0.786. The van der Waals surface area contributed by atoms with Crippen LogP contribution < -0.4 is 10.1 Å². The van der Waals surface area contributed by atoms with Crippen LogP contribution in [0.5, 0.6) is 5.75 Å². The number of phosphoric acid groups is 1. The zero-order valence-electron chi connectivity index (χ0n) is 26.3. The predicted octanol–water partition coefficient (Wildman–Crippen LogP) is 7.72. The number of hydrogen-bond acceptors (Lipinski definition) is 8. The summed E-state index contributed by atoms with van der Waals surface area (Å²) in [5.74, 6) is 0.515. The van der Waals surface area contributed by atoms with E-state index in [0.29, 0.717) is 18.9 Å². The Morgan fingerprint density at radius 2 is 1.45 bits per heavy atom. The first-order valence-electron chi connectivity index (χ1n) is 13.3. The van der Waals surface area contributed by atoms with Crippen LogP contribution in [-0.4, -0.2) is 43.5 Å². The maximum Gasteiger partial charge on any atom is 0.478 e. The summed E-state index contributed by atoms with van der Waals surface area (Å²) in [6.07, 6.45) is -0.702. The van der Waals surface area contributed by atoms with Gasteiger partial charge in [0.05, 0.1) is 23.9 Å². The van der Waals surface area contributed by atoms with Gasteiger partial charge in [-0.25, -0.2) is 9.09 Å². The van der Waals surface area contributed by atoms with E-state index in [4.69, 9.17) is 22.7 Å². The standard InChI is InChI=1S/C28H54NO7PSi/c1-25(2,3)29-18-23(30)21-15-16-24(22(17-21)19-34-38(13,14)28(10,11)12)32-20-33-37(31,35-26(4,5)6)36-27(7,8)9/h15-17,23,29-30H,18-20H2,1-14H3. The van der Waals surface area contributed by atoms with Gasteiger partial charge in [0.2, 0.25) is 0 Å². The Morgan fingerprint density at radius 3 is 1.89 bits per heavy atom. The Bertz CT molecular complexity index is 920. The van der Waals surface area contributed by atoms with E-state index >= 15 is 0 Å². The van der Waals surface area contributed by atoms with Crippen LogP contribution in [0, 0.1) is 0 Å². The molecule has 1 unspecified atom stereocenters. The second kappa shape index (κ2) is 12.8. The van der Waals surface area contributed by atoms with E-state index in [1.54, 1.807) is 47.6 Å². The first-order valence-corrected chi connectivity index (χ1v) is 17.7. The SMILES string of the molecule is CC(C)(C)NCC(O)c1ccc(OCOP(=O)(OC(C)(C)C)OC(C)(C)C)c(CO[Si](C)(C)C(C)(C)C)c1. The van der Waals surface area contributed by atoms with Crippen molar-refractivity contribution < 1.29 is 32.4 Å². The average Bonchev–Trinajstić information content (AvgIpc) is 2.66. The Labute approximate surface area is 232 Å². The molecule has 0 radical (unpaired) electrons. The summed E-state index contributed by atoms with van der Waals surface area (Å²) in [5, 5.41) is 14.2. The highest BCUT2D eigenvalue weighted by atomic mass is 31.2. The monoisotopic (exact) mass is 575 g/mol. The van der Waals surface area contributed by atoms with E-state index in [0.717, 1.165) is 11.1 Å². The molecule has 0 saturated carbocycles. The maximum absolute atomic E-state index is 13.4. The second-order valence-electron chi connectivity index (χ2n) is 14.3. The summed E-state index contributed by atoms with van der Waals surface area (Å²) >= 11 is 0. The van der Waals surface area contributed by atoms with Crippen LogP contribution in [0.1, 0.15) is 100 Å². The molecule has 1 rings (SSSR count). The number of hydrogen-bond donors (Lipinski definition) is 2. The molecule has 0 bridgehead atoms. The summed E-state index contributed by atoms with van der Waals surface area (Å²) in [4.78, 5) is 0. The summed E-state index contributed by atoms with van der Waals surface area (Å²) in [5.41, 5.74) is -0.0898. The van der Waals surface area contributed by atoms with Crippen LogP contribution in [0.15, 0.2) is 18.2 Å². The van der Waals surface area contributed by atoms with Gasteiger partial charge in [0.25, 0.3) is 0 Å². The van der Waals surface area contributed by atoms with Crippen molar-refractivity contribution in [2.75, 3.05) is 13.3 Å². The molecule has 0 aliphatic carbocycles. The smallest absolute Gasteiger partial charge is 0.467 e. The first kappa shape index (κ1) is 35.3. The highest BCUT2D eigenvalue weighted by molar-refractivity contribution is 7.48. The van der Waals surface area contributed by atoms with Crippen LogP contribution in [0.4, 0.5) is 0 Å². The Morgan fingerprint density at radius 1 is 0.921 bits per heavy atom. The van der Waals surface area contributed by atoms with Gasteiger partial charge in [-0.15, -0.1) is 0 Å². The first-order chi connectivity index (χ1) is 16.8. The van der Waals surface area contributed by atoms with Gasteiger partial charge in [0, 0.05) is 17.6 Å². The lowest BCUT2D eigenvalue weighted by Crippen LogP contribution is -2.40. The molecule has 0 aliphatic heterocycles. The Balaban J connectivity index is 3.19. The highest BCUT2D eigenvalue weighted by Gasteiger charge is 2.38. The molecule has 38 heavy (non-hydrogen) atoms. The number of rotatable bonds is 12. The third-order valence-corrected chi connectivity index (χ3v) is 12.3. The molecule has 0 spiro atoms. The minimum Gasteiger partial charge on any atom is -0.467 e. The van der Waals surface area contributed by atoms with Gasteiger partial charge in [0.15, 0.2) is 15.1 Å². The summed E-state index contributed by atoms with van der Waals surface area (Å²) < 4.78 is 42.7. The van der Waals surface area contributed by atoms with E-state index in [-0.39, 0.29) is 17.4 Å². The molecule has 10 heteroatoms. The molecular weight excluding hydrogens is 521 g/mol. The third-order valence-electron chi connectivity index (χ3n) is 5.89. The van der Waals surface area contributed by atoms with Crippen molar-refractivity contribution in [1.29, 1.82) is 0 Å². The minimum atomic E-state index is -3.93. The van der Waals surface area contributed by atoms with Crippen LogP contribution in [0.3, 0.4) is 0 Å². The Hall–Kier alpha value is -0.773. The third kappa shape index (κ3) is 13.1. The van der Waals surface area contributed by atoms with Crippen molar-refractivity contribution in [2.24, 2.45) is 0 Å². The number of nitrogens with one attached hydrogen (secondary N) is 1. The van der Waals surface area contributed by atoms with E-state index in [2.05, 4.69) is 60.0 Å². The fourth-order valence-electron chi connectivity index (χ4n) is 2.95. The maximum atomic E-state index is 13.4. The molecule has 1 aromatic carbocycles. The molecule has 0 aromatic heterocycles. The molecule has 1 aromatic rings. The van der Waals surface area contributed by atoms with E-state index in [9.17, 15) is 9.67 Å². The second-order valence-corrected chi connectivity index (χ2v) is 20.6. The lowest BCUT2D eigenvalue weighted by Gasteiger charge is -2.36. The topological polar surface area (TPSA) is 95.5 Å². The molecule has 2 N–H and O–H groups in total. The van der Waals surface area contributed by atoms with E-state index < -0.39 is 33.4 Å². The molecule has 0 aliphatic rings. The summed E-state index contributed by atoms with van der Waals surface area (Å²) in [6, 6.07) is 5.49. The van der Waals surface area contributed by atoms with Gasteiger partial charge in [-0.1, -0.05) is 26.8 Å².